The van der Waals surface area contributed by atoms with E-state index in [0.29, 0.717) is 38.5 Å². The van der Waals surface area contributed by atoms with Crippen LogP contribution in [-0.4, -0.2) is 30.6 Å². The van der Waals surface area contributed by atoms with Gasteiger partial charge < -0.3 is 19.5 Å². The third-order valence-electron chi connectivity index (χ3n) is 6.56. The minimum absolute atomic E-state index is 0.147. The number of hydrogen-bond donors (Lipinski definition) is 1. The van der Waals surface area contributed by atoms with Crippen LogP contribution in [0.3, 0.4) is 0 Å². The summed E-state index contributed by atoms with van der Waals surface area (Å²) >= 11 is 1.17. The molecule has 1 aliphatic carbocycles. The fourth-order valence-electron chi connectivity index (χ4n) is 4.46. The van der Waals surface area contributed by atoms with Crippen molar-refractivity contribution in [3.8, 4) is 28.5 Å². The van der Waals surface area contributed by atoms with E-state index in [1.165, 1.54) is 18.4 Å². The summed E-state index contributed by atoms with van der Waals surface area (Å²) in [6, 6.07) is 22.2. The van der Waals surface area contributed by atoms with Crippen molar-refractivity contribution in [1.82, 2.24) is 4.98 Å². The molecule has 0 saturated heterocycles. The number of ketones is 1. The molecule has 1 N–H and O–H groups in total. The molecule has 0 atom stereocenters. The second-order valence-electron chi connectivity index (χ2n) is 8.70. The Kier molecular flexibility index (Phi) is 5.45. The SMILES string of the molecule is COc1ccccc1C(=O)c1sc(NC(=O)C2(c3ccc4c(c3)OCO4)CC2)nc1-c1ccccc1. The van der Waals surface area contributed by atoms with Gasteiger partial charge in [-0.3, -0.25) is 9.59 Å². The lowest BCUT2D eigenvalue weighted by atomic mass is 9.94. The first-order valence-corrected chi connectivity index (χ1v) is 12.4. The van der Waals surface area contributed by atoms with Crippen LogP contribution in [0, 0.1) is 0 Å². The first-order valence-electron chi connectivity index (χ1n) is 11.5. The monoisotopic (exact) mass is 498 g/mol. The molecule has 0 spiro atoms. The Balaban J connectivity index is 1.34. The molecule has 8 heteroatoms. The van der Waals surface area contributed by atoms with Gasteiger partial charge in [-0.25, -0.2) is 4.98 Å². The number of fused-ring (bicyclic) bond motifs is 1. The summed E-state index contributed by atoms with van der Waals surface area (Å²) in [5.74, 6) is 1.46. The van der Waals surface area contributed by atoms with Crippen molar-refractivity contribution >= 4 is 28.2 Å². The predicted octanol–water partition coefficient (Wildman–Crippen LogP) is 5.45. The quantitative estimate of drug-likeness (QED) is 0.341. The number of benzene rings is 3. The summed E-state index contributed by atoms with van der Waals surface area (Å²) in [7, 11) is 1.54. The molecular formula is C28H22N2O5S. The summed E-state index contributed by atoms with van der Waals surface area (Å²) in [4.78, 5) is 32.2. The summed E-state index contributed by atoms with van der Waals surface area (Å²) in [6.45, 7) is 0.183. The standard InChI is InChI=1S/C28H22N2O5S/c1-33-20-10-6-5-9-19(20)24(31)25-23(17-7-3-2-4-8-17)29-27(36-25)30-26(32)28(13-14-28)18-11-12-21-22(15-18)35-16-34-21/h2-12,15H,13-14,16H2,1H3,(H,29,30,32). The van der Waals surface area contributed by atoms with Gasteiger partial charge in [-0.05, 0) is 42.7 Å². The molecule has 0 radical (unpaired) electrons. The van der Waals surface area contributed by atoms with E-state index in [9.17, 15) is 9.59 Å². The van der Waals surface area contributed by atoms with E-state index in [1.54, 1.807) is 18.2 Å². The molecule has 1 fully saturated rings. The highest BCUT2D eigenvalue weighted by molar-refractivity contribution is 7.18. The molecule has 4 aromatic rings. The van der Waals surface area contributed by atoms with E-state index in [0.717, 1.165) is 24.0 Å². The lowest BCUT2D eigenvalue weighted by Gasteiger charge is -2.15. The fraction of sp³-hybridized carbons (Fsp3) is 0.179. The number of ether oxygens (including phenoxy) is 3. The van der Waals surface area contributed by atoms with Crippen LogP contribution in [0.15, 0.2) is 72.8 Å². The normalized spacial score (nSPS) is 14.8. The van der Waals surface area contributed by atoms with Crippen molar-refractivity contribution in [3.63, 3.8) is 0 Å². The van der Waals surface area contributed by atoms with Crippen molar-refractivity contribution in [2.75, 3.05) is 19.2 Å². The van der Waals surface area contributed by atoms with Crippen LogP contribution in [0.4, 0.5) is 5.13 Å². The van der Waals surface area contributed by atoms with Crippen molar-refractivity contribution in [2.24, 2.45) is 0 Å². The smallest absolute Gasteiger partial charge is 0.236 e. The average Bonchev–Trinajstić information content (AvgIpc) is 3.42. The van der Waals surface area contributed by atoms with Gasteiger partial charge >= 0.3 is 0 Å². The third kappa shape index (κ3) is 3.79. The highest BCUT2D eigenvalue weighted by Crippen LogP contribution is 2.51. The molecule has 1 aromatic heterocycles. The number of thiazole rings is 1. The number of nitrogens with one attached hydrogen (secondary N) is 1. The van der Waals surface area contributed by atoms with Crippen LogP contribution in [0.1, 0.15) is 33.6 Å². The molecule has 1 saturated carbocycles. The number of carbonyl (C=O) groups is 2. The second kappa shape index (κ2) is 8.80. The van der Waals surface area contributed by atoms with Crippen LogP contribution >= 0.6 is 11.3 Å². The van der Waals surface area contributed by atoms with E-state index >= 15 is 0 Å². The molecule has 0 unspecified atom stereocenters. The van der Waals surface area contributed by atoms with Gasteiger partial charge in [-0.1, -0.05) is 59.9 Å². The Hall–Kier alpha value is -4.17. The number of methoxy groups -OCH3 is 1. The molecule has 1 amide bonds. The number of aromatic nitrogens is 1. The number of hydrogen-bond acceptors (Lipinski definition) is 7. The number of carbonyl (C=O) groups excluding carboxylic acids is 2. The molecule has 0 bridgehead atoms. The van der Waals surface area contributed by atoms with E-state index in [1.807, 2.05) is 54.6 Å². The Morgan fingerprint density at radius 2 is 1.72 bits per heavy atom. The van der Waals surface area contributed by atoms with Gasteiger partial charge in [0.25, 0.3) is 0 Å². The minimum Gasteiger partial charge on any atom is -0.496 e. The Morgan fingerprint density at radius 3 is 2.50 bits per heavy atom. The number of amides is 1. The maximum absolute atomic E-state index is 13.6. The number of para-hydroxylation sites is 1. The van der Waals surface area contributed by atoms with Crippen LogP contribution in [0.5, 0.6) is 17.2 Å². The highest BCUT2D eigenvalue weighted by Gasteiger charge is 2.52. The van der Waals surface area contributed by atoms with Crippen LogP contribution in [-0.2, 0) is 10.2 Å². The van der Waals surface area contributed by atoms with Gasteiger partial charge in [0.1, 0.15) is 10.6 Å². The largest absolute Gasteiger partial charge is 0.496 e. The number of anilines is 1. The Morgan fingerprint density at radius 1 is 0.972 bits per heavy atom. The zero-order chi connectivity index (χ0) is 24.7. The molecule has 36 heavy (non-hydrogen) atoms. The summed E-state index contributed by atoms with van der Waals surface area (Å²) in [5.41, 5.74) is 2.00. The average molecular weight is 499 g/mol. The minimum atomic E-state index is -0.646. The highest BCUT2D eigenvalue weighted by atomic mass is 32.1. The van der Waals surface area contributed by atoms with Crippen LogP contribution < -0.4 is 19.5 Å². The van der Waals surface area contributed by atoms with Crippen molar-refractivity contribution in [2.45, 2.75) is 18.3 Å². The first-order chi connectivity index (χ1) is 17.6. The zero-order valence-corrected chi connectivity index (χ0v) is 20.3. The Bertz CT molecular complexity index is 1480. The van der Waals surface area contributed by atoms with Gasteiger partial charge in [0.05, 0.1) is 23.8 Å². The third-order valence-corrected chi connectivity index (χ3v) is 7.53. The summed E-state index contributed by atoms with van der Waals surface area (Å²) in [5, 5.41) is 3.37. The summed E-state index contributed by atoms with van der Waals surface area (Å²) < 4.78 is 16.3. The van der Waals surface area contributed by atoms with Crippen molar-refractivity contribution in [3.05, 3.63) is 88.8 Å². The molecule has 1 aliphatic heterocycles. The van der Waals surface area contributed by atoms with E-state index in [2.05, 4.69) is 5.32 Å². The molecule has 180 valence electrons. The maximum atomic E-state index is 13.6. The maximum Gasteiger partial charge on any atom is 0.236 e. The first kappa shape index (κ1) is 22.3. The molecular weight excluding hydrogens is 476 g/mol. The van der Waals surface area contributed by atoms with Gasteiger partial charge in [0.15, 0.2) is 16.6 Å². The second-order valence-corrected chi connectivity index (χ2v) is 9.70. The molecule has 6 rings (SSSR count). The molecule has 2 heterocycles. The van der Waals surface area contributed by atoms with E-state index < -0.39 is 5.41 Å². The van der Waals surface area contributed by atoms with Crippen LogP contribution in [0.25, 0.3) is 11.3 Å². The lowest BCUT2D eigenvalue weighted by molar-refractivity contribution is -0.118. The van der Waals surface area contributed by atoms with Gasteiger partial charge in [-0.2, -0.15) is 0 Å². The van der Waals surface area contributed by atoms with Crippen molar-refractivity contribution < 1.29 is 23.8 Å². The topological polar surface area (TPSA) is 86.8 Å². The predicted molar refractivity (Wildman–Crippen MR) is 136 cm³/mol. The molecule has 3 aromatic carbocycles. The Labute approximate surface area is 211 Å². The number of rotatable bonds is 7. The van der Waals surface area contributed by atoms with Crippen LogP contribution in [0.2, 0.25) is 0 Å². The number of nitrogens with zero attached hydrogens (tertiary/aromatic N) is 1. The van der Waals surface area contributed by atoms with Crippen molar-refractivity contribution in [1.29, 1.82) is 0 Å². The van der Waals surface area contributed by atoms with Gasteiger partial charge in [0, 0.05) is 5.56 Å². The molecule has 7 nitrogen and oxygen atoms in total. The summed E-state index contributed by atoms with van der Waals surface area (Å²) in [6.07, 6.45) is 1.45. The fourth-order valence-corrected chi connectivity index (χ4v) is 5.39. The zero-order valence-electron chi connectivity index (χ0n) is 19.4. The lowest BCUT2D eigenvalue weighted by Crippen LogP contribution is -2.27. The van der Waals surface area contributed by atoms with E-state index in [-0.39, 0.29) is 18.5 Å². The van der Waals surface area contributed by atoms with Gasteiger partial charge in [-0.15, -0.1) is 0 Å². The molecule has 2 aliphatic rings. The van der Waals surface area contributed by atoms with E-state index in [4.69, 9.17) is 19.2 Å². The van der Waals surface area contributed by atoms with Gasteiger partial charge in [0.2, 0.25) is 18.5 Å².